The smallest absolute Gasteiger partial charge is 0.320 e. The van der Waals surface area contributed by atoms with E-state index in [0.29, 0.717) is 26.2 Å². The van der Waals surface area contributed by atoms with Gasteiger partial charge in [-0.25, -0.2) is 4.79 Å². The van der Waals surface area contributed by atoms with Crippen molar-refractivity contribution < 1.29 is 9.59 Å². The zero-order valence-corrected chi connectivity index (χ0v) is 16.2. The van der Waals surface area contributed by atoms with E-state index in [1.54, 1.807) is 4.90 Å². The van der Waals surface area contributed by atoms with Gasteiger partial charge in [0.1, 0.15) is 0 Å². The Bertz CT molecular complexity index is 605. The van der Waals surface area contributed by atoms with Crippen LogP contribution in [0.15, 0.2) is 30.3 Å². The molecular formula is C19H29ClN4O2. The molecule has 1 aromatic rings. The zero-order valence-electron chi connectivity index (χ0n) is 15.3. The van der Waals surface area contributed by atoms with Crippen LogP contribution in [-0.2, 0) is 11.3 Å². The summed E-state index contributed by atoms with van der Waals surface area (Å²) in [6.07, 6.45) is 2.39. The Morgan fingerprint density at radius 1 is 1.08 bits per heavy atom. The van der Waals surface area contributed by atoms with Crippen molar-refractivity contribution in [2.75, 3.05) is 33.2 Å². The summed E-state index contributed by atoms with van der Waals surface area (Å²) < 4.78 is 0. The first-order chi connectivity index (χ1) is 12.0. The van der Waals surface area contributed by atoms with Crippen LogP contribution in [-0.4, -0.2) is 65.9 Å². The van der Waals surface area contributed by atoms with Crippen molar-refractivity contribution >= 4 is 24.3 Å². The summed E-state index contributed by atoms with van der Waals surface area (Å²) >= 11 is 0. The first kappa shape index (κ1) is 20.5. The molecule has 0 saturated carbocycles. The van der Waals surface area contributed by atoms with Gasteiger partial charge in [0, 0.05) is 51.7 Å². The normalized spacial score (nSPS) is 20.6. The summed E-state index contributed by atoms with van der Waals surface area (Å²) in [4.78, 5) is 30.7. The molecule has 0 unspecified atom stereocenters. The summed E-state index contributed by atoms with van der Waals surface area (Å²) in [7, 11) is 1.83. The molecule has 0 aliphatic carbocycles. The van der Waals surface area contributed by atoms with Gasteiger partial charge in [0.05, 0.1) is 0 Å². The molecule has 2 aliphatic rings. The second-order valence-corrected chi connectivity index (χ2v) is 7.22. The first-order valence-corrected chi connectivity index (χ1v) is 9.13. The number of halogens is 1. The Hall–Kier alpha value is -1.79. The fraction of sp³-hybridized carbons (Fsp3) is 0.579. The Morgan fingerprint density at radius 2 is 1.69 bits per heavy atom. The largest absolute Gasteiger partial charge is 0.341 e. The van der Waals surface area contributed by atoms with E-state index in [4.69, 9.17) is 5.73 Å². The van der Waals surface area contributed by atoms with Crippen LogP contribution in [0.5, 0.6) is 0 Å². The van der Waals surface area contributed by atoms with E-state index in [9.17, 15) is 9.59 Å². The zero-order chi connectivity index (χ0) is 17.8. The van der Waals surface area contributed by atoms with Crippen molar-refractivity contribution in [1.29, 1.82) is 0 Å². The van der Waals surface area contributed by atoms with Gasteiger partial charge in [-0.1, -0.05) is 30.3 Å². The van der Waals surface area contributed by atoms with E-state index in [0.717, 1.165) is 31.4 Å². The molecule has 3 rings (SSSR count). The molecule has 3 amide bonds. The molecule has 6 nitrogen and oxygen atoms in total. The van der Waals surface area contributed by atoms with Gasteiger partial charge < -0.3 is 20.4 Å². The molecule has 2 heterocycles. The summed E-state index contributed by atoms with van der Waals surface area (Å²) in [6, 6.07) is 10.1. The van der Waals surface area contributed by atoms with Gasteiger partial charge in [0.25, 0.3) is 0 Å². The van der Waals surface area contributed by atoms with Crippen LogP contribution >= 0.6 is 12.4 Å². The minimum Gasteiger partial charge on any atom is -0.341 e. The van der Waals surface area contributed by atoms with Gasteiger partial charge in [-0.15, -0.1) is 12.4 Å². The Balaban J connectivity index is 0.00000243. The van der Waals surface area contributed by atoms with Crippen molar-refractivity contribution in [3.05, 3.63) is 35.9 Å². The van der Waals surface area contributed by atoms with Crippen molar-refractivity contribution in [3.63, 3.8) is 0 Å². The Morgan fingerprint density at radius 3 is 2.27 bits per heavy atom. The maximum Gasteiger partial charge on any atom is 0.320 e. The third-order valence-corrected chi connectivity index (χ3v) is 5.24. The van der Waals surface area contributed by atoms with Crippen LogP contribution in [0.4, 0.5) is 4.79 Å². The number of carbonyl (C=O) groups excluding carboxylic acids is 2. The molecule has 0 bridgehead atoms. The predicted octanol–water partition coefficient (Wildman–Crippen LogP) is 1.93. The summed E-state index contributed by atoms with van der Waals surface area (Å²) in [5, 5.41) is 0. The topological polar surface area (TPSA) is 69.9 Å². The van der Waals surface area contributed by atoms with Crippen molar-refractivity contribution in [2.45, 2.75) is 31.8 Å². The van der Waals surface area contributed by atoms with Gasteiger partial charge in [-0.3, -0.25) is 4.79 Å². The standard InChI is InChI=1S/C19H28N4O2.ClH/c1-21(13-15-5-3-2-4-6-15)19(25)22-10-7-16(8-11-22)18(24)23-12-9-17(20)14-23;/h2-6,16-17H,7-14,20H2,1H3;1H/t17-;/m1./s1. The van der Waals surface area contributed by atoms with Crippen LogP contribution in [0.3, 0.4) is 0 Å². The molecule has 144 valence electrons. The van der Waals surface area contributed by atoms with E-state index < -0.39 is 0 Å². The second kappa shape index (κ2) is 9.24. The molecule has 0 aromatic heterocycles. The number of benzene rings is 1. The highest BCUT2D eigenvalue weighted by Gasteiger charge is 2.33. The minimum absolute atomic E-state index is 0. The predicted molar refractivity (Wildman–Crippen MR) is 104 cm³/mol. The summed E-state index contributed by atoms with van der Waals surface area (Å²) in [6.45, 7) is 3.35. The molecule has 1 aromatic carbocycles. The van der Waals surface area contributed by atoms with Crippen LogP contribution in [0.2, 0.25) is 0 Å². The molecule has 7 heteroatoms. The van der Waals surface area contributed by atoms with Gasteiger partial charge in [-0.2, -0.15) is 0 Å². The number of likely N-dealkylation sites (tertiary alicyclic amines) is 2. The molecule has 26 heavy (non-hydrogen) atoms. The number of rotatable bonds is 3. The lowest BCUT2D eigenvalue weighted by molar-refractivity contribution is -0.135. The lowest BCUT2D eigenvalue weighted by Crippen LogP contribution is -2.47. The third-order valence-electron chi connectivity index (χ3n) is 5.24. The fourth-order valence-electron chi connectivity index (χ4n) is 3.73. The maximum absolute atomic E-state index is 12.6. The molecular weight excluding hydrogens is 352 g/mol. The lowest BCUT2D eigenvalue weighted by Gasteiger charge is -2.35. The van der Waals surface area contributed by atoms with Crippen LogP contribution < -0.4 is 5.73 Å². The van der Waals surface area contributed by atoms with Crippen molar-refractivity contribution in [3.8, 4) is 0 Å². The van der Waals surface area contributed by atoms with Crippen LogP contribution in [0.1, 0.15) is 24.8 Å². The number of hydrogen-bond donors (Lipinski definition) is 1. The van der Waals surface area contributed by atoms with E-state index in [1.807, 2.05) is 47.2 Å². The second-order valence-electron chi connectivity index (χ2n) is 7.22. The molecule has 2 saturated heterocycles. The number of urea groups is 1. The lowest BCUT2D eigenvalue weighted by atomic mass is 9.95. The SMILES string of the molecule is CN(Cc1ccccc1)C(=O)N1CCC(C(=O)N2CC[C@@H](N)C2)CC1.Cl. The van der Waals surface area contributed by atoms with Gasteiger partial charge in [0.15, 0.2) is 0 Å². The highest BCUT2D eigenvalue weighted by atomic mass is 35.5. The van der Waals surface area contributed by atoms with E-state index in [1.165, 1.54) is 0 Å². The van der Waals surface area contributed by atoms with Gasteiger partial charge >= 0.3 is 6.03 Å². The Labute approximate surface area is 161 Å². The molecule has 1 atom stereocenters. The summed E-state index contributed by atoms with van der Waals surface area (Å²) in [5.74, 6) is 0.256. The van der Waals surface area contributed by atoms with E-state index >= 15 is 0 Å². The molecule has 2 aliphatic heterocycles. The third kappa shape index (κ3) is 4.89. The average Bonchev–Trinajstić information content (AvgIpc) is 3.08. The number of carbonyl (C=O) groups is 2. The summed E-state index contributed by atoms with van der Waals surface area (Å²) in [5.41, 5.74) is 7.02. The van der Waals surface area contributed by atoms with Crippen LogP contribution in [0, 0.1) is 5.92 Å². The van der Waals surface area contributed by atoms with Gasteiger partial charge in [0.2, 0.25) is 5.91 Å². The maximum atomic E-state index is 12.6. The average molecular weight is 381 g/mol. The monoisotopic (exact) mass is 380 g/mol. The molecule has 2 fully saturated rings. The van der Waals surface area contributed by atoms with Crippen LogP contribution in [0.25, 0.3) is 0 Å². The first-order valence-electron chi connectivity index (χ1n) is 9.13. The number of amides is 3. The number of nitrogens with zero attached hydrogens (tertiary/aromatic N) is 3. The Kier molecular flexibility index (Phi) is 7.29. The highest BCUT2D eigenvalue weighted by Crippen LogP contribution is 2.22. The highest BCUT2D eigenvalue weighted by molar-refractivity contribution is 5.85. The van der Waals surface area contributed by atoms with Crippen molar-refractivity contribution in [2.24, 2.45) is 11.7 Å². The molecule has 0 radical (unpaired) electrons. The minimum atomic E-state index is 0. The number of hydrogen-bond acceptors (Lipinski definition) is 3. The molecule has 0 spiro atoms. The fourth-order valence-corrected chi connectivity index (χ4v) is 3.73. The number of nitrogens with two attached hydrogens (primary N) is 1. The van der Waals surface area contributed by atoms with E-state index in [2.05, 4.69) is 0 Å². The van der Waals surface area contributed by atoms with E-state index in [-0.39, 0.29) is 36.3 Å². The molecule has 2 N–H and O–H groups in total. The van der Waals surface area contributed by atoms with Gasteiger partial charge in [-0.05, 0) is 24.8 Å². The number of piperidine rings is 1. The quantitative estimate of drug-likeness (QED) is 0.871. The van der Waals surface area contributed by atoms with Crippen molar-refractivity contribution in [1.82, 2.24) is 14.7 Å².